The van der Waals surface area contributed by atoms with Crippen LogP contribution in [0.2, 0.25) is 0 Å². The van der Waals surface area contributed by atoms with Crippen LogP contribution in [0, 0.1) is 11.8 Å². The van der Waals surface area contributed by atoms with Crippen LogP contribution in [0.5, 0.6) is 0 Å². The van der Waals surface area contributed by atoms with Crippen LogP contribution in [-0.4, -0.2) is 51.8 Å². The van der Waals surface area contributed by atoms with E-state index in [1.165, 1.54) is 12.1 Å². The summed E-state index contributed by atoms with van der Waals surface area (Å²) in [7, 11) is 0. The quantitative estimate of drug-likeness (QED) is 0.771. The Kier molecular flexibility index (Phi) is 4.29. The number of anilines is 1. The zero-order valence-electron chi connectivity index (χ0n) is 15.9. The smallest absolute Gasteiger partial charge is 0.370 e. The number of carbonyl (C=O) groups excluding carboxylic acids is 1. The Bertz CT molecular complexity index is 926. The van der Waals surface area contributed by atoms with Gasteiger partial charge in [0.25, 0.3) is 5.91 Å². The number of hydrogen-bond acceptors (Lipinski definition) is 4. The molecular weight excluding hydrogens is 383 g/mol. The summed E-state index contributed by atoms with van der Waals surface area (Å²) in [5.41, 5.74) is -0.359. The van der Waals surface area contributed by atoms with Gasteiger partial charge in [0.1, 0.15) is 5.82 Å². The predicted molar refractivity (Wildman–Crippen MR) is 99.5 cm³/mol. The third-order valence-corrected chi connectivity index (χ3v) is 6.37. The third kappa shape index (κ3) is 3.16. The van der Waals surface area contributed by atoms with Crippen molar-refractivity contribution in [2.75, 3.05) is 31.1 Å². The molecule has 2 atom stereocenters. The molecule has 2 aromatic rings. The third-order valence-electron chi connectivity index (χ3n) is 6.37. The molecule has 4 heterocycles. The molecule has 3 aliphatic heterocycles. The zero-order valence-corrected chi connectivity index (χ0v) is 15.9. The number of rotatable bonds is 2. The van der Waals surface area contributed by atoms with E-state index in [9.17, 15) is 18.0 Å². The van der Waals surface area contributed by atoms with Crippen LogP contribution >= 0.6 is 0 Å². The van der Waals surface area contributed by atoms with E-state index in [1.807, 2.05) is 9.47 Å². The summed E-state index contributed by atoms with van der Waals surface area (Å²) < 4.78 is 42.0. The molecule has 1 aromatic carbocycles. The number of halogens is 3. The van der Waals surface area contributed by atoms with Crippen LogP contribution < -0.4 is 4.90 Å². The number of aromatic nitrogens is 3. The Balaban J connectivity index is 1.30. The van der Waals surface area contributed by atoms with E-state index < -0.39 is 11.7 Å². The minimum atomic E-state index is -4.37. The fraction of sp³-hybridized carbons (Fsp3) is 0.550. The maximum Gasteiger partial charge on any atom is 0.418 e. The Morgan fingerprint density at radius 2 is 1.72 bits per heavy atom. The fourth-order valence-electron chi connectivity index (χ4n) is 4.95. The van der Waals surface area contributed by atoms with Crippen LogP contribution in [0.3, 0.4) is 0 Å². The Morgan fingerprint density at radius 3 is 2.45 bits per heavy atom. The summed E-state index contributed by atoms with van der Waals surface area (Å²) in [5, 5.41) is 8.28. The number of para-hydroxylation sites is 1. The monoisotopic (exact) mass is 405 g/mol. The van der Waals surface area contributed by atoms with Gasteiger partial charge in [-0.2, -0.15) is 13.2 Å². The van der Waals surface area contributed by atoms with Gasteiger partial charge in [0.15, 0.2) is 0 Å². The van der Waals surface area contributed by atoms with Gasteiger partial charge in [-0.1, -0.05) is 12.1 Å². The van der Waals surface area contributed by atoms with E-state index in [0.717, 1.165) is 37.7 Å². The number of hydrogen-bond donors (Lipinski definition) is 0. The molecule has 2 fully saturated rings. The van der Waals surface area contributed by atoms with Gasteiger partial charge in [-0.05, 0) is 25.0 Å². The lowest BCUT2D eigenvalue weighted by Gasteiger charge is -2.26. The molecule has 2 saturated heterocycles. The summed E-state index contributed by atoms with van der Waals surface area (Å²) in [6.45, 7) is 2.93. The first-order valence-electron chi connectivity index (χ1n) is 10.0. The van der Waals surface area contributed by atoms with Crippen LogP contribution in [0.15, 0.2) is 24.3 Å². The SMILES string of the molecule is O=C(c1nnc2n1CCCC2)N1C[C@@H]2CN(c3ccccc3C(F)(F)F)C[C@@H]2C1. The van der Waals surface area contributed by atoms with Crippen LogP contribution in [0.25, 0.3) is 0 Å². The summed E-state index contributed by atoms with van der Waals surface area (Å²) in [5.74, 6) is 1.50. The van der Waals surface area contributed by atoms with Crippen LogP contribution in [0.4, 0.5) is 18.9 Å². The van der Waals surface area contributed by atoms with Gasteiger partial charge < -0.3 is 14.4 Å². The van der Waals surface area contributed by atoms with Gasteiger partial charge in [0.05, 0.1) is 5.56 Å². The number of nitrogens with zero attached hydrogens (tertiary/aromatic N) is 5. The molecule has 0 saturated carbocycles. The van der Waals surface area contributed by atoms with Gasteiger partial charge >= 0.3 is 6.18 Å². The maximum absolute atomic E-state index is 13.4. The summed E-state index contributed by atoms with van der Waals surface area (Å²) in [6, 6.07) is 5.73. The number of alkyl halides is 3. The molecule has 0 radical (unpaired) electrons. The Hall–Kier alpha value is -2.58. The van der Waals surface area contributed by atoms with E-state index in [0.29, 0.717) is 32.0 Å². The lowest BCUT2D eigenvalue weighted by atomic mass is 10.0. The van der Waals surface area contributed by atoms with Crippen molar-refractivity contribution in [1.29, 1.82) is 0 Å². The van der Waals surface area contributed by atoms with Gasteiger partial charge in [-0.3, -0.25) is 4.79 Å². The molecule has 0 unspecified atom stereocenters. The first-order chi connectivity index (χ1) is 13.9. The van der Waals surface area contributed by atoms with Gasteiger partial charge in [0.2, 0.25) is 5.82 Å². The average Bonchev–Trinajstić information content (AvgIpc) is 3.39. The first-order valence-corrected chi connectivity index (χ1v) is 10.0. The zero-order chi connectivity index (χ0) is 20.2. The molecule has 9 heteroatoms. The van der Waals surface area contributed by atoms with Crippen LogP contribution in [-0.2, 0) is 19.1 Å². The molecule has 0 spiro atoms. The van der Waals surface area contributed by atoms with Crippen molar-refractivity contribution in [3.63, 3.8) is 0 Å². The van der Waals surface area contributed by atoms with Gasteiger partial charge in [-0.15, -0.1) is 10.2 Å². The lowest BCUT2D eigenvalue weighted by molar-refractivity contribution is -0.137. The highest BCUT2D eigenvalue weighted by Crippen LogP contribution is 2.41. The van der Waals surface area contributed by atoms with Crippen molar-refractivity contribution in [1.82, 2.24) is 19.7 Å². The van der Waals surface area contributed by atoms with Crippen molar-refractivity contribution in [3.8, 4) is 0 Å². The number of carbonyl (C=O) groups is 1. The number of aryl methyl sites for hydroxylation is 1. The molecule has 154 valence electrons. The molecular formula is C20H22F3N5O. The normalized spacial score (nSPS) is 24.0. The summed E-state index contributed by atoms with van der Waals surface area (Å²) in [6.07, 6.45) is -1.44. The van der Waals surface area contributed by atoms with Gasteiger partial charge in [-0.25, -0.2) is 0 Å². The van der Waals surface area contributed by atoms with Crippen LogP contribution in [0.1, 0.15) is 34.8 Å². The van der Waals surface area contributed by atoms with Crippen molar-refractivity contribution in [2.45, 2.75) is 32.0 Å². The minimum absolute atomic E-state index is 0.109. The summed E-state index contributed by atoms with van der Waals surface area (Å²) >= 11 is 0. The van der Waals surface area contributed by atoms with E-state index in [2.05, 4.69) is 10.2 Å². The highest BCUT2D eigenvalue weighted by molar-refractivity contribution is 5.91. The molecule has 29 heavy (non-hydrogen) atoms. The second-order valence-corrected chi connectivity index (χ2v) is 8.20. The van der Waals surface area contributed by atoms with E-state index in [4.69, 9.17) is 0 Å². The van der Waals surface area contributed by atoms with Gasteiger partial charge in [0, 0.05) is 56.7 Å². The average molecular weight is 405 g/mol. The van der Waals surface area contributed by atoms with E-state index >= 15 is 0 Å². The molecule has 0 bridgehead atoms. The fourth-order valence-corrected chi connectivity index (χ4v) is 4.95. The molecule has 0 N–H and O–H groups in total. The number of amides is 1. The molecule has 6 nitrogen and oxygen atoms in total. The van der Waals surface area contributed by atoms with Crippen molar-refractivity contribution >= 4 is 11.6 Å². The molecule has 3 aliphatic rings. The summed E-state index contributed by atoms with van der Waals surface area (Å²) in [4.78, 5) is 16.6. The lowest BCUT2D eigenvalue weighted by Crippen LogP contribution is -2.35. The number of benzene rings is 1. The molecule has 5 rings (SSSR count). The molecule has 0 aliphatic carbocycles. The number of fused-ring (bicyclic) bond motifs is 2. The highest BCUT2D eigenvalue weighted by atomic mass is 19.4. The highest BCUT2D eigenvalue weighted by Gasteiger charge is 2.44. The molecule has 1 amide bonds. The second kappa shape index (κ2) is 6.74. The van der Waals surface area contributed by atoms with E-state index in [-0.39, 0.29) is 23.4 Å². The van der Waals surface area contributed by atoms with E-state index in [1.54, 1.807) is 11.0 Å². The molecule has 1 aromatic heterocycles. The topological polar surface area (TPSA) is 54.3 Å². The number of likely N-dealkylation sites (tertiary alicyclic amines) is 1. The predicted octanol–water partition coefficient (Wildman–Crippen LogP) is 2.84. The first kappa shape index (κ1) is 18.4. The Morgan fingerprint density at radius 1 is 1.00 bits per heavy atom. The minimum Gasteiger partial charge on any atom is -0.370 e. The standard InChI is InChI=1S/C20H22F3N5O/c21-20(22,23)15-5-1-2-6-16(15)26-9-13-11-27(12-14(13)10-26)19(29)18-25-24-17-7-3-4-8-28(17)18/h1-2,5-6,13-14H,3-4,7-12H2/t13-,14+. The van der Waals surface area contributed by atoms with Crippen molar-refractivity contribution < 1.29 is 18.0 Å². The second-order valence-electron chi connectivity index (χ2n) is 8.20. The Labute approximate surface area is 166 Å². The maximum atomic E-state index is 13.4. The van der Waals surface area contributed by atoms with Crippen molar-refractivity contribution in [2.24, 2.45) is 11.8 Å². The largest absolute Gasteiger partial charge is 0.418 e. The van der Waals surface area contributed by atoms with Crippen molar-refractivity contribution in [3.05, 3.63) is 41.5 Å².